The summed E-state index contributed by atoms with van der Waals surface area (Å²) >= 11 is 0. The molecular formula is C17H21NO4S. The molecule has 0 bridgehead atoms. The maximum absolute atomic E-state index is 12.4. The molecule has 1 unspecified atom stereocenters. The Morgan fingerprint density at radius 3 is 2.09 bits per heavy atom. The second-order valence-electron chi connectivity index (χ2n) is 5.75. The van der Waals surface area contributed by atoms with Crippen LogP contribution in [0.1, 0.15) is 46.0 Å². The van der Waals surface area contributed by atoms with Crippen LogP contribution in [-0.4, -0.2) is 20.6 Å². The van der Waals surface area contributed by atoms with Gasteiger partial charge in [0.1, 0.15) is 11.5 Å². The van der Waals surface area contributed by atoms with E-state index in [-0.39, 0.29) is 16.8 Å². The minimum absolute atomic E-state index is 0.198. The first kappa shape index (κ1) is 17.3. The average Bonchev–Trinajstić information content (AvgIpc) is 2.71. The first-order valence-corrected chi connectivity index (χ1v) is 9.18. The number of carbonyl (C=O) groups is 1. The number of benzene rings is 1. The van der Waals surface area contributed by atoms with Crippen molar-refractivity contribution in [2.45, 2.75) is 38.6 Å². The van der Waals surface area contributed by atoms with Crippen LogP contribution in [-0.2, 0) is 9.84 Å². The monoisotopic (exact) mass is 335 g/mol. The molecule has 0 spiro atoms. The summed E-state index contributed by atoms with van der Waals surface area (Å²) < 4.78 is 28.4. The number of rotatable bonds is 4. The zero-order chi connectivity index (χ0) is 17.4. The van der Waals surface area contributed by atoms with Gasteiger partial charge in [-0.15, -0.1) is 0 Å². The molecule has 0 aliphatic heterocycles. The van der Waals surface area contributed by atoms with Gasteiger partial charge in [-0.2, -0.15) is 0 Å². The average molecular weight is 335 g/mol. The highest BCUT2D eigenvalue weighted by molar-refractivity contribution is 7.90. The van der Waals surface area contributed by atoms with E-state index in [4.69, 9.17) is 4.42 Å². The summed E-state index contributed by atoms with van der Waals surface area (Å²) in [7, 11) is -3.22. The van der Waals surface area contributed by atoms with Gasteiger partial charge in [-0.1, -0.05) is 12.1 Å². The number of carbonyl (C=O) groups excluding carboxylic acids is 1. The SMILES string of the molecule is Cc1oc(C)c(C(=O)NC(C)c2ccc(S(C)(=O)=O)cc2)c1C. The lowest BCUT2D eigenvalue weighted by atomic mass is 10.1. The van der Waals surface area contributed by atoms with Crippen molar-refractivity contribution in [2.24, 2.45) is 0 Å². The van der Waals surface area contributed by atoms with E-state index < -0.39 is 9.84 Å². The molecule has 2 aromatic rings. The maximum Gasteiger partial charge on any atom is 0.255 e. The van der Waals surface area contributed by atoms with Crippen LogP contribution < -0.4 is 5.32 Å². The molecule has 5 nitrogen and oxygen atoms in total. The smallest absolute Gasteiger partial charge is 0.255 e. The summed E-state index contributed by atoms with van der Waals surface area (Å²) in [6.45, 7) is 7.30. The van der Waals surface area contributed by atoms with E-state index in [1.54, 1.807) is 31.2 Å². The van der Waals surface area contributed by atoms with Crippen molar-refractivity contribution in [1.82, 2.24) is 5.32 Å². The molecule has 1 aromatic carbocycles. The summed E-state index contributed by atoms with van der Waals surface area (Å²) in [4.78, 5) is 12.7. The molecule has 1 atom stereocenters. The van der Waals surface area contributed by atoms with Crippen LogP contribution in [0.5, 0.6) is 0 Å². The molecular weight excluding hydrogens is 314 g/mol. The van der Waals surface area contributed by atoms with Gasteiger partial charge in [0.2, 0.25) is 0 Å². The van der Waals surface area contributed by atoms with Gasteiger partial charge in [0, 0.05) is 11.8 Å². The van der Waals surface area contributed by atoms with Gasteiger partial charge in [0.15, 0.2) is 9.84 Å². The molecule has 1 heterocycles. The van der Waals surface area contributed by atoms with Crippen molar-refractivity contribution < 1.29 is 17.6 Å². The van der Waals surface area contributed by atoms with Gasteiger partial charge in [0.05, 0.1) is 16.5 Å². The highest BCUT2D eigenvalue weighted by Crippen LogP contribution is 2.22. The molecule has 0 aliphatic rings. The number of sulfone groups is 1. The summed E-state index contributed by atoms with van der Waals surface area (Å²) in [6.07, 6.45) is 1.17. The molecule has 0 fully saturated rings. The molecule has 0 aliphatic carbocycles. The van der Waals surface area contributed by atoms with Gasteiger partial charge in [-0.05, 0) is 45.4 Å². The number of hydrogen-bond acceptors (Lipinski definition) is 4. The Bertz CT molecular complexity index is 832. The van der Waals surface area contributed by atoms with Crippen molar-refractivity contribution in [3.05, 3.63) is 52.5 Å². The van der Waals surface area contributed by atoms with E-state index in [0.717, 1.165) is 16.9 Å². The maximum atomic E-state index is 12.4. The topological polar surface area (TPSA) is 76.4 Å². The van der Waals surface area contributed by atoms with Crippen molar-refractivity contribution in [3.8, 4) is 0 Å². The minimum Gasteiger partial charge on any atom is -0.466 e. The fourth-order valence-electron chi connectivity index (χ4n) is 2.48. The Morgan fingerprint density at radius 2 is 1.65 bits per heavy atom. The van der Waals surface area contributed by atoms with Crippen molar-refractivity contribution in [3.63, 3.8) is 0 Å². The number of nitrogens with one attached hydrogen (secondary N) is 1. The van der Waals surface area contributed by atoms with Gasteiger partial charge < -0.3 is 9.73 Å². The zero-order valence-electron chi connectivity index (χ0n) is 13.9. The lowest BCUT2D eigenvalue weighted by Crippen LogP contribution is -2.27. The van der Waals surface area contributed by atoms with E-state index >= 15 is 0 Å². The van der Waals surface area contributed by atoms with Crippen LogP contribution in [0.4, 0.5) is 0 Å². The Kier molecular flexibility index (Phi) is 4.66. The Labute approximate surface area is 136 Å². The van der Waals surface area contributed by atoms with Crippen LogP contribution in [0.25, 0.3) is 0 Å². The third-order valence-electron chi connectivity index (χ3n) is 3.94. The Morgan fingerprint density at radius 1 is 1.09 bits per heavy atom. The highest BCUT2D eigenvalue weighted by Gasteiger charge is 2.20. The predicted molar refractivity (Wildman–Crippen MR) is 88.4 cm³/mol. The second-order valence-corrected chi connectivity index (χ2v) is 7.77. The van der Waals surface area contributed by atoms with Gasteiger partial charge in [0.25, 0.3) is 5.91 Å². The molecule has 6 heteroatoms. The largest absolute Gasteiger partial charge is 0.466 e. The lowest BCUT2D eigenvalue weighted by Gasteiger charge is -2.15. The van der Waals surface area contributed by atoms with Crippen LogP contribution in [0.3, 0.4) is 0 Å². The molecule has 124 valence electrons. The summed E-state index contributed by atoms with van der Waals surface area (Å²) in [5.41, 5.74) is 2.23. The molecule has 2 rings (SSSR count). The molecule has 1 amide bonds. The highest BCUT2D eigenvalue weighted by atomic mass is 32.2. The summed E-state index contributed by atoms with van der Waals surface area (Å²) in [6, 6.07) is 6.27. The van der Waals surface area contributed by atoms with Crippen LogP contribution in [0.2, 0.25) is 0 Å². The van der Waals surface area contributed by atoms with Gasteiger partial charge in [-0.3, -0.25) is 4.79 Å². The second kappa shape index (κ2) is 6.20. The lowest BCUT2D eigenvalue weighted by molar-refractivity contribution is 0.0938. The van der Waals surface area contributed by atoms with Crippen LogP contribution in [0, 0.1) is 20.8 Å². The van der Waals surface area contributed by atoms with Crippen LogP contribution in [0.15, 0.2) is 33.6 Å². The Hall–Kier alpha value is -2.08. The molecule has 0 saturated heterocycles. The van der Waals surface area contributed by atoms with E-state index in [1.165, 1.54) is 6.26 Å². The number of furan rings is 1. The third-order valence-corrected chi connectivity index (χ3v) is 5.07. The molecule has 0 radical (unpaired) electrons. The van der Waals surface area contributed by atoms with Crippen molar-refractivity contribution in [2.75, 3.05) is 6.26 Å². The number of aryl methyl sites for hydroxylation is 2. The van der Waals surface area contributed by atoms with Gasteiger partial charge in [-0.25, -0.2) is 8.42 Å². The number of hydrogen-bond donors (Lipinski definition) is 1. The number of amides is 1. The summed E-state index contributed by atoms with van der Waals surface area (Å²) in [5.74, 6) is 1.13. The Balaban J connectivity index is 2.18. The normalized spacial score (nSPS) is 12.9. The molecule has 23 heavy (non-hydrogen) atoms. The third kappa shape index (κ3) is 3.64. The predicted octanol–water partition coefficient (Wildman–Crippen LogP) is 3.10. The molecule has 0 saturated carbocycles. The van der Waals surface area contributed by atoms with Crippen LogP contribution >= 0.6 is 0 Å². The standard InChI is InChI=1S/C17H21NO4S/c1-10-12(3)22-13(4)16(10)17(19)18-11(2)14-6-8-15(9-7-14)23(5,20)21/h6-9,11H,1-5H3,(H,18,19). The van der Waals surface area contributed by atoms with Crippen molar-refractivity contribution >= 4 is 15.7 Å². The zero-order valence-corrected chi connectivity index (χ0v) is 14.7. The van der Waals surface area contributed by atoms with Gasteiger partial charge >= 0.3 is 0 Å². The minimum atomic E-state index is -3.22. The van der Waals surface area contributed by atoms with E-state index in [9.17, 15) is 13.2 Å². The fraction of sp³-hybridized carbons (Fsp3) is 0.353. The summed E-state index contributed by atoms with van der Waals surface area (Å²) in [5, 5.41) is 2.92. The first-order valence-electron chi connectivity index (χ1n) is 7.28. The first-order chi connectivity index (χ1) is 10.6. The van der Waals surface area contributed by atoms with E-state index in [2.05, 4.69) is 5.32 Å². The molecule has 1 N–H and O–H groups in total. The quantitative estimate of drug-likeness (QED) is 0.931. The molecule has 1 aromatic heterocycles. The van der Waals surface area contributed by atoms with Crippen molar-refractivity contribution in [1.29, 1.82) is 0 Å². The van der Waals surface area contributed by atoms with E-state index in [1.807, 2.05) is 20.8 Å². The van der Waals surface area contributed by atoms with E-state index in [0.29, 0.717) is 11.3 Å². The fourth-order valence-corrected chi connectivity index (χ4v) is 3.11.